The lowest BCUT2D eigenvalue weighted by molar-refractivity contribution is -0.0210. The molecule has 0 unspecified atom stereocenters. The number of aryl methyl sites for hydroxylation is 2. The van der Waals surface area contributed by atoms with Crippen LogP contribution in [-0.4, -0.2) is 51.2 Å². The average molecular weight is 385 g/mol. The van der Waals surface area contributed by atoms with E-state index in [4.69, 9.17) is 16.3 Å². The van der Waals surface area contributed by atoms with Crippen molar-refractivity contribution >= 4 is 23.2 Å². The Balaban J connectivity index is 1.52. The van der Waals surface area contributed by atoms with E-state index in [1.807, 2.05) is 44.2 Å². The van der Waals surface area contributed by atoms with Gasteiger partial charge in [0.1, 0.15) is 0 Å². The number of morpholine rings is 1. The van der Waals surface area contributed by atoms with E-state index in [1.165, 1.54) is 0 Å². The standard InChI is InChI=1S/C20H21ClN4O2/c1-13-9-14(2)25-19(22-13)11-18(23-25)20(26)24-7-8-27-16(12-24)10-15-5-3-4-6-17(15)21/h3-6,9,11,16H,7-8,10,12H2,1-2H3/t16-/m1/s1. The van der Waals surface area contributed by atoms with Gasteiger partial charge in [0.05, 0.1) is 12.7 Å². The van der Waals surface area contributed by atoms with Gasteiger partial charge in [-0.05, 0) is 31.5 Å². The van der Waals surface area contributed by atoms with Crippen LogP contribution < -0.4 is 0 Å². The molecule has 1 atom stereocenters. The zero-order valence-corrected chi connectivity index (χ0v) is 16.1. The third-order valence-electron chi connectivity index (χ3n) is 4.78. The molecule has 1 aliphatic heterocycles. The molecule has 1 saturated heterocycles. The lowest BCUT2D eigenvalue weighted by Gasteiger charge is -2.32. The van der Waals surface area contributed by atoms with E-state index in [0.29, 0.717) is 37.5 Å². The molecule has 0 radical (unpaired) electrons. The largest absolute Gasteiger partial charge is 0.374 e. The van der Waals surface area contributed by atoms with Crippen LogP contribution in [0.1, 0.15) is 27.4 Å². The van der Waals surface area contributed by atoms with Crippen LogP contribution in [0.25, 0.3) is 5.65 Å². The number of benzene rings is 1. The zero-order valence-electron chi connectivity index (χ0n) is 15.4. The first-order valence-electron chi connectivity index (χ1n) is 8.99. The SMILES string of the molecule is Cc1cc(C)n2nc(C(=O)N3CCO[C@H](Cc4ccccc4Cl)C3)cc2n1. The summed E-state index contributed by atoms with van der Waals surface area (Å²) >= 11 is 6.26. The van der Waals surface area contributed by atoms with Gasteiger partial charge in [-0.3, -0.25) is 4.79 Å². The van der Waals surface area contributed by atoms with Crippen LogP contribution in [0.4, 0.5) is 0 Å². The van der Waals surface area contributed by atoms with Gasteiger partial charge in [-0.1, -0.05) is 29.8 Å². The van der Waals surface area contributed by atoms with Gasteiger partial charge in [-0.15, -0.1) is 0 Å². The number of ether oxygens (including phenoxy) is 1. The highest BCUT2D eigenvalue weighted by Crippen LogP contribution is 2.20. The van der Waals surface area contributed by atoms with Crippen LogP contribution in [0.2, 0.25) is 5.02 Å². The van der Waals surface area contributed by atoms with Gasteiger partial charge >= 0.3 is 0 Å². The lowest BCUT2D eigenvalue weighted by Crippen LogP contribution is -2.46. The maximum Gasteiger partial charge on any atom is 0.274 e. The monoisotopic (exact) mass is 384 g/mol. The maximum atomic E-state index is 13.0. The summed E-state index contributed by atoms with van der Waals surface area (Å²) in [7, 11) is 0. The topological polar surface area (TPSA) is 59.7 Å². The summed E-state index contributed by atoms with van der Waals surface area (Å²) in [5.41, 5.74) is 3.99. The van der Waals surface area contributed by atoms with Gasteiger partial charge in [0, 0.05) is 42.0 Å². The van der Waals surface area contributed by atoms with E-state index in [1.54, 1.807) is 15.5 Å². The molecule has 4 rings (SSSR count). The number of hydrogen-bond acceptors (Lipinski definition) is 4. The van der Waals surface area contributed by atoms with Crippen LogP contribution in [0.3, 0.4) is 0 Å². The molecule has 27 heavy (non-hydrogen) atoms. The molecule has 2 aromatic heterocycles. The molecule has 0 spiro atoms. The molecule has 7 heteroatoms. The highest BCUT2D eigenvalue weighted by molar-refractivity contribution is 6.31. The van der Waals surface area contributed by atoms with Gasteiger partial charge in [-0.2, -0.15) is 5.10 Å². The summed E-state index contributed by atoms with van der Waals surface area (Å²) in [5.74, 6) is -0.0926. The maximum absolute atomic E-state index is 13.0. The van der Waals surface area contributed by atoms with E-state index in [0.717, 1.165) is 22.0 Å². The van der Waals surface area contributed by atoms with Crippen LogP contribution in [0.5, 0.6) is 0 Å². The second kappa shape index (κ2) is 7.29. The summed E-state index contributed by atoms with van der Waals surface area (Å²) < 4.78 is 7.57. The van der Waals surface area contributed by atoms with Gasteiger partial charge in [0.25, 0.3) is 5.91 Å². The molecule has 1 aromatic carbocycles. The fourth-order valence-corrected chi connectivity index (χ4v) is 3.70. The van der Waals surface area contributed by atoms with Crippen molar-refractivity contribution in [2.45, 2.75) is 26.4 Å². The van der Waals surface area contributed by atoms with Gasteiger partial charge in [0.2, 0.25) is 0 Å². The van der Waals surface area contributed by atoms with Crippen molar-refractivity contribution in [3.63, 3.8) is 0 Å². The quantitative estimate of drug-likeness (QED) is 0.696. The highest BCUT2D eigenvalue weighted by Gasteiger charge is 2.27. The van der Waals surface area contributed by atoms with E-state index < -0.39 is 0 Å². The molecule has 0 bridgehead atoms. The van der Waals surface area contributed by atoms with E-state index in [2.05, 4.69) is 10.1 Å². The number of aromatic nitrogens is 3. The fraction of sp³-hybridized carbons (Fsp3) is 0.350. The van der Waals surface area contributed by atoms with Crippen LogP contribution >= 0.6 is 11.6 Å². The minimum Gasteiger partial charge on any atom is -0.374 e. The van der Waals surface area contributed by atoms with Crippen LogP contribution in [0, 0.1) is 13.8 Å². The second-order valence-corrected chi connectivity index (χ2v) is 7.29. The third kappa shape index (κ3) is 3.68. The zero-order chi connectivity index (χ0) is 19.0. The first kappa shape index (κ1) is 17.9. The number of fused-ring (bicyclic) bond motifs is 1. The Kier molecular flexibility index (Phi) is 4.85. The average Bonchev–Trinajstić information content (AvgIpc) is 3.07. The number of hydrogen-bond donors (Lipinski definition) is 0. The molecule has 1 aliphatic rings. The van der Waals surface area contributed by atoms with Gasteiger partial charge in [0.15, 0.2) is 11.3 Å². The molecule has 1 amide bonds. The number of nitrogens with zero attached hydrogens (tertiary/aromatic N) is 4. The first-order chi connectivity index (χ1) is 13.0. The highest BCUT2D eigenvalue weighted by atomic mass is 35.5. The molecule has 140 valence electrons. The molecule has 0 saturated carbocycles. The normalized spacial score (nSPS) is 17.4. The minimum absolute atomic E-state index is 0.0817. The number of halogens is 1. The second-order valence-electron chi connectivity index (χ2n) is 6.88. The smallest absolute Gasteiger partial charge is 0.274 e. The van der Waals surface area contributed by atoms with Crippen molar-refractivity contribution in [1.29, 1.82) is 0 Å². The van der Waals surface area contributed by atoms with Crippen LogP contribution in [0.15, 0.2) is 36.4 Å². The van der Waals surface area contributed by atoms with Crippen LogP contribution in [-0.2, 0) is 11.2 Å². The summed E-state index contributed by atoms with van der Waals surface area (Å²) in [5, 5.41) is 5.18. The summed E-state index contributed by atoms with van der Waals surface area (Å²) in [6.45, 7) is 5.46. The molecule has 0 aliphatic carbocycles. The van der Waals surface area contributed by atoms with Crippen molar-refractivity contribution in [2.24, 2.45) is 0 Å². The fourth-order valence-electron chi connectivity index (χ4n) is 3.49. The Hall–Kier alpha value is -2.44. The van der Waals surface area contributed by atoms with Crippen molar-refractivity contribution < 1.29 is 9.53 Å². The van der Waals surface area contributed by atoms with Crippen molar-refractivity contribution in [2.75, 3.05) is 19.7 Å². The van der Waals surface area contributed by atoms with Gasteiger partial charge < -0.3 is 9.64 Å². The summed E-state index contributed by atoms with van der Waals surface area (Å²) in [6, 6.07) is 11.4. The Labute approximate surface area is 162 Å². The third-order valence-corrected chi connectivity index (χ3v) is 5.15. The first-order valence-corrected chi connectivity index (χ1v) is 9.37. The summed E-state index contributed by atoms with van der Waals surface area (Å²) in [4.78, 5) is 19.2. The van der Waals surface area contributed by atoms with Crippen molar-refractivity contribution in [3.05, 3.63) is 64.1 Å². The molecule has 0 N–H and O–H groups in total. The number of amides is 1. The number of rotatable bonds is 3. The Morgan fingerprint density at radius 1 is 1.30 bits per heavy atom. The predicted octanol–water partition coefficient (Wildman–Crippen LogP) is 3.08. The van der Waals surface area contributed by atoms with E-state index in [-0.39, 0.29) is 12.0 Å². The molecule has 3 aromatic rings. The van der Waals surface area contributed by atoms with Crippen molar-refractivity contribution in [1.82, 2.24) is 19.5 Å². The van der Waals surface area contributed by atoms with Crippen molar-refractivity contribution in [3.8, 4) is 0 Å². The molecule has 1 fully saturated rings. The molecule has 6 nitrogen and oxygen atoms in total. The number of carbonyl (C=O) groups excluding carboxylic acids is 1. The molecular formula is C20H21ClN4O2. The van der Waals surface area contributed by atoms with E-state index in [9.17, 15) is 4.79 Å². The predicted molar refractivity (Wildman–Crippen MR) is 103 cm³/mol. The van der Waals surface area contributed by atoms with E-state index >= 15 is 0 Å². The Morgan fingerprint density at radius 2 is 2.11 bits per heavy atom. The lowest BCUT2D eigenvalue weighted by atomic mass is 10.1. The van der Waals surface area contributed by atoms with Gasteiger partial charge in [-0.25, -0.2) is 9.50 Å². The molecule has 3 heterocycles. The Bertz CT molecular complexity index is 1000. The Morgan fingerprint density at radius 3 is 2.93 bits per heavy atom. The number of carbonyl (C=O) groups is 1. The molecular weight excluding hydrogens is 364 g/mol. The minimum atomic E-state index is -0.0926. The summed E-state index contributed by atoms with van der Waals surface area (Å²) in [6.07, 6.45) is 0.593.